The summed E-state index contributed by atoms with van der Waals surface area (Å²) in [5.74, 6) is 0. The summed E-state index contributed by atoms with van der Waals surface area (Å²) in [6, 6.07) is 1.61. The molecule has 3 aromatic heterocycles. The zero-order valence-corrected chi connectivity index (χ0v) is 12.9. The van der Waals surface area contributed by atoms with Gasteiger partial charge in [-0.05, 0) is 14.0 Å². The van der Waals surface area contributed by atoms with Crippen molar-refractivity contribution >= 4 is 27.6 Å². The molecule has 0 amide bonds. The number of hydrogen-bond donors (Lipinski definition) is 0. The summed E-state index contributed by atoms with van der Waals surface area (Å²) in [5, 5.41) is 2.95. The van der Waals surface area contributed by atoms with Gasteiger partial charge in [0.1, 0.15) is 0 Å². The molecular weight excluding hydrogens is 292 g/mol. The van der Waals surface area contributed by atoms with E-state index >= 15 is 0 Å². The lowest BCUT2D eigenvalue weighted by Gasteiger charge is -2.14. The standard InChI is InChI=1S/C13H14N4OS2/c1-9-14-6-11(20-9)8-16(2)7-10-5-12(18)17-3-4-19-13(17)15-10/h3-6H,7-8H2,1-2H3. The van der Waals surface area contributed by atoms with Crippen molar-refractivity contribution in [3.63, 3.8) is 0 Å². The Morgan fingerprint density at radius 3 is 3.00 bits per heavy atom. The van der Waals surface area contributed by atoms with Gasteiger partial charge in [0, 0.05) is 41.8 Å². The van der Waals surface area contributed by atoms with E-state index in [1.54, 1.807) is 28.0 Å². The van der Waals surface area contributed by atoms with E-state index in [2.05, 4.69) is 14.9 Å². The molecule has 5 nitrogen and oxygen atoms in total. The summed E-state index contributed by atoms with van der Waals surface area (Å²) in [4.78, 5) is 24.8. The quantitative estimate of drug-likeness (QED) is 0.741. The normalized spacial score (nSPS) is 11.6. The number of thiazole rings is 2. The minimum absolute atomic E-state index is 0.0201. The van der Waals surface area contributed by atoms with Crippen molar-refractivity contribution in [2.75, 3.05) is 7.05 Å². The molecule has 3 aromatic rings. The van der Waals surface area contributed by atoms with Gasteiger partial charge in [-0.25, -0.2) is 9.97 Å². The van der Waals surface area contributed by atoms with Gasteiger partial charge in [0.2, 0.25) is 0 Å². The predicted octanol–water partition coefficient (Wildman–Crippen LogP) is 2.15. The number of aromatic nitrogens is 3. The largest absolute Gasteiger partial charge is 0.295 e. The predicted molar refractivity (Wildman–Crippen MR) is 81.4 cm³/mol. The van der Waals surface area contributed by atoms with E-state index < -0.39 is 0 Å². The summed E-state index contributed by atoms with van der Waals surface area (Å²) in [6.07, 6.45) is 3.66. The first-order valence-electron chi connectivity index (χ1n) is 6.17. The van der Waals surface area contributed by atoms with Crippen LogP contribution in [-0.2, 0) is 13.1 Å². The van der Waals surface area contributed by atoms with Crippen LogP contribution in [0.3, 0.4) is 0 Å². The topological polar surface area (TPSA) is 50.5 Å². The molecule has 0 aromatic carbocycles. The Hall–Kier alpha value is -1.57. The highest BCUT2D eigenvalue weighted by Gasteiger charge is 2.08. The van der Waals surface area contributed by atoms with E-state index in [9.17, 15) is 4.79 Å². The van der Waals surface area contributed by atoms with Crippen molar-refractivity contribution in [2.24, 2.45) is 0 Å². The van der Waals surface area contributed by atoms with Crippen LogP contribution in [0.5, 0.6) is 0 Å². The molecule has 0 N–H and O–H groups in total. The van der Waals surface area contributed by atoms with Crippen LogP contribution in [0.2, 0.25) is 0 Å². The molecule has 7 heteroatoms. The molecule has 0 radical (unpaired) electrons. The van der Waals surface area contributed by atoms with Crippen molar-refractivity contribution in [3.05, 3.63) is 49.8 Å². The summed E-state index contributed by atoms with van der Waals surface area (Å²) >= 11 is 3.17. The first-order valence-corrected chi connectivity index (χ1v) is 7.87. The number of aryl methyl sites for hydroxylation is 1. The molecule has 0 saturated carbocycles. The average molecular weight is 306 g/mol. The van der Waals surface area contributed by atoms with Crippen molar-refractivity contribution < 1.29 is 0 Å². The SMILES string of the molecule is Cc1ncc(CN(C)Cc2cc(=O)n3ccsc3n2)s1. The zero-order chi connectivity index (χ0) is 14.1. The fraction of sp³-hybridized carbons (Fsp3) is 0.308. The Kier molecular flexibility index (Phi) is 3.64. The van der Waals surface area contributed by atoms with E-state index in [-0.39, 0.29) is 5.56 Å². The second-order valence-corrected chi connectivity index (χ2v) is 6.85. The minimum Gasteiger partial charge on any atom is -0.295 e. The van der Waals surface area contributed by atoms with Gasteiger partial charge < -0.3 is 0 Å². The highest BCUT2D eigenvalue weighted by atomic mass is 32.1. The monoisotopic (exact) mass is 306 g/mol. The Bertz CT molecular complexity index is 789. The van der Waals surface area contributed by atoms with Gasteiger partial charge in [-0.1, -0.05) is 0 Å². The second-order valence-electron chi connectivity index (χ2n) is 4.66. The van der Waals surface area contributed by atoms with Crippen LogP contribution in [0.25, 0.3) is 4.96 Å². The van der Waals surface area contributed by atoms with Crippen LogP contribution in [0.1, 0.15) is 15.6 Å². The second kappa shape index (κ2) is 5.43. The van der Waals surface area contributed by atoms with Crippen LogP contribution < -0.4 is 5.56 Å². The zero-order valence-electron chi connectivity index (χ0n) is 11.2. The third-order valence-electron chi connectivity index (χ3n) is 2.88. The van der Waals surface area contributed by atoms with Gasteiger partial charge >= 0.3 is 0 Å². The number of nitrogens with zero attached hydrogens (tertiary/aromatic N) is 4. The lowest BCUT2D eigenvalue weighted by molar-refractivity contribution is 0.318. The van der Waals surface area contributed by atoms with E-state index in [0.717, 1.165) is 22.2 Å². The molecular formula is C13H14N4OS2. The Labute approximate surface area is 124 Å². The Morgan fingerprint density at radius 2 is 2.25 bits per heavy atom. The summed E-state index contributed by atoms with van der Waals surface area (Å²) < 4.78 is 1.57. The van der Waals surface area contributed by atoms with E-state index in [1.807, 2.05) is 25.5 Å². The van der Waals surface area contributed by atoms with Crippen LogP contribution >= 0.6 is 22.7 Å². The van der Waals surface area contributed by atoms with Crippen LogP contribution in [-0.4, -0.2) is 26.3 Å². The molecule has 0 aliphatic carbocycles. The number of hydrogen-bond acceptors (Lipinski definition) is 6. The van der Waals surface area contributed by atoms with E-state index in [0.29, 0.717) is 6.54 Å². The van der Waals surface area contributed by atoms with Gasteiger partial charge in [-0.2, -0.15) is 0 Å². The third-order valence-corrected chi connectivity index (χ3v) is 4.54. The fourth-order valence-electron chi connectivity index (χ4n) is 2.05. The van der Waals surface area contributed by atoms with Gasteiger partial charge in [-0.3, -0.25) is 14.1 Å². The molecule has 3 heterocycles. The maximum Gasteiger partial charge on any atom is 0.258 e. The average Bonchev–Trinajstić information content (AvgIpc) is 2.98. The highest BCUT2D eigenvalue weighted by Crippen LogP contribution is 2.14. The van der Waals surface area contributed by atoms with Crippen molar-refractivity contribution in [2.45, 2.75) is 20.0 Å². The van der Waals surface area contributed by atoms with E-state index in [1.165, 1.54) is 16.2 Å². The molecule has 0 unspecified atom stereocenters. The molecule has 0 saturated heterocycles. The first-order chi connectivity index (χ1) is 9.61. The molecule has 0 atom stereocenters. The highest BCUT2D eigenvalue weighted by molar-refractivity contribution is 7.15. The molecule has 104 valence electrons. The van der Waals surface area contributed by atoms with Crippen molar-refractivity contribution in [3.8, 4) is 0 Å². The Balaban J connectivity index is 1.76. The molecule has 0 aliphatic rings. The van der Waals surface area contributed by atoms with Crippen LogP contribution in [0.4, 0.5) is 0 Å². The minimum atomic E-state index is -0.0201. The molecule has 20 heavy (non-hydrogen) atoms. The van der Waals surface area contributed by atoms with Gasteiger partial charge in [0.25, 0.3) is 5.56 Å². The fourth-order valence-corrected chi connectivity index (χ4v) is 3.66. The molecule has 0 fully saturated rings. The van der Waals surface area contributed by atoms with Crippen molar-refractivity contribution in [1.82, 2.24) is 19.3 Å². The summed E-state index contributed by atoms with van der Waals surface area (Å²) in [6.45, 7) is 3.47. The Morgan fingerprint density at radius 1 is 1.40 bits per heavy atom. The van der Waals surface area contributed by atoms with Gasteiger partial charge in [-0.15, -0.1) is 22.7 Å². The van der Waals surface area contributed by atoms with E-state index in [4.69, 9.17) is 0 Å². The lowest BCUT2D eigenvalue weighted by Crippen LogP contribution is -2.20. The van der Waals surface area contributed by atoms with Gasteiger partial charge in [0.05, 0.1) is 10.7 Å². The molecule has 3 rings (SSSR count). The smallest absolute Gasteiger partial charge is 0.258 e. The summed E-state index contributed by atoms with van der Waals surface area (Å²) in [7, 11) is 2.02. The van der Waals surface area contributed by atoms with Crippen molar-refractivity contribution in [1.29, 1.82) is 0 Å². The van der Waals surface area contributed by atoms with Gasteiger partial charge in [0.15, 0.2) is 4.96 Å². The maximum absolute atomic E-state index is 11.9. The molecule has 0 spiro atoms. The van der Waals surface area contributed by atoms with Crippen LogP contribution in [0, 0.1) is 6.92 Å². The molecule has 0 bridgehead atoms. The lowest BCUT2D eigenvalue weighted by atomic mass is 10.3. The van der Waals surface area contributed by atoms with Crippen LogP contribution in [0.15, 0.2) is 28.6 Å². The summed E-state index contributed by atoms with van der Waals surface area (Å²) in [5.41, 5.74) is 0.787. The number of rotatable bonds is 4. The molecule has 0 aliphatic heterocycles. The number of fused-ring (bicyclic) bond motifs is 1. The first kappa shape index (κ1) is 13.4. The third kappa shape index (κ3) is 2.79. The maximum atomic E-state index is 11.9.